The van der Waals surface area contributed by atoms with E-state index in [0.717, 1.165) is 6.54 Å². The van der Waals surface area contributed by atoms with Crippen molar-refractivity contribution in [3.8, 4) is 0 Å². The van der Waals surface area contributed by atoms with Crippen LogP contribution in [0.4, 0.5) is 0 Å². The Balaban J connectivity index is 2.61. The molecule has 0 bridgehead atoms. The van der Waals surface area contributed by atoms with Gasteiger partial charge in [0.05, 0.1) is 6.61 Å². The Morgan fingerprint density at radius 1 is 1.38 bits per heavy atom. The highest BCUT2D eigenvalue weighted by Gasteiger charge is 1.99. The number of aliphatic hydroxyl groups is 1. The van der Waals surface area contributed by atoms with Crippen molar-refractivity contribution in [2.75, 3.05) is 13.2 Å². The highest BCUT2D eigenvalue weighted by molar-refractivity contribution is 5.29. The number of aliphatic hydroxyl groups excluding tert-OH is 1. The predicted octanol–water partition coefficient (Wildman–Crippen LogP) is 0.780. The Labute approximate surface area is 78.8 Å². The molecule has 1 rings (SSSR count). The van der Waals surface area contributed by atoms with E-state index < -0.39 is 0 Å². The number of pyridine rings is 1. The van der Waals surface area contributed by atoms with E-state index in [2.05, 4.69) is 24.1 Å². The van der Waals surface area contributed by atoms with Gasteiger partial charge in [-0.1, -0.05) is 0 Å². The summed E-state index contributed by atoms with van der Waals surface area (Å²) in [5.74, 6) is 0. The zero-order chi connectivity index (χ0) is 9.68. The third-order valence-electron chi connectivity index (χ3n) is 2.18. The number of hydrogen-bond donors (Lipinski definition) is 2. The average Bonchev–Trinajstić information content (AvgIpc) is 2.13. The maximum atomic E-state index is 8.59. The van der Waals surface area contributed by atoms with Gasteiger partial charge in [0, 0.05) is 25.5 Å². The first-order valence-corrected chi connectivity index (χ1v) is 4.47. The highest BCUT2D eigenvalue weighted by Crippen LogP contribution is 2.09. The maximum Gasteiger partial charge on any atom is 0.0556 e. The van der Waals surface area contributed by atoms with Gasteiger partial charge < -0.3 is 10.4 Å². The van der Waals surface area contributed by atoms with Crippen molar-refractivity contribution in [1.82, 2.24) is 10.3 Å². The molecule has 0 aliphatic rings. The minimum atomic E-state index is 0.179. The molecule has 0 amide bonds. The van der Waals surface area contributed by atoms with Gasteiger partial charge in [0.1, 0.15) is 0 Å². The monoisotopic (exact) mass is 180 g/mol. The molecule has 0 unspecified atom stereocenters. The standard InChI is InChI=1S/C10H16N2O/c1-8-5-12-7-10(9(8)2)6-11-3-4-13/h5,7,11,13H,3-4,6H2,1-2H3. The van der Waals surface area contributed by atoms with Crippen molar-refractivity contribution in [3.05, 3.63) is 29.1 Å². The van der Waals surface area contributed by atoms with Crippen LogP contribution in [0.2, 0.25) is 0 Å². The molecule has 0 aromatic carbocycles. The lowest BCUT2D eigenvalue weighted by Crippen LogP contribution is -2.18. The lowest BCUT2D eigenvalue weighted by molar-refractivity contribution is 0.292. The number of rotatable bonds is 4. The number of nitrogens with one attached hydrogen (secondary N) is 1. The van der Waals surface area contributed by atoms with Crippen LogP contribution in [0.15, 0.2) is 12.4 Å². The quantitative estimate of drug-likeness (QED) is 0.673. The molecule has 0 saturated heterocycles. The van der Waals surface area contributed by atoms with E-state index in [0.29, 0.717) is 6.54 Å². The van der Waals surface area contributed by atoms with E-state index in [4.69, 9.17) is 5.11 Å². The van der Waals surface area contributed by atoms with Crippen LogP contribution in [-0.4, -0.2) is 23.2 Å². The van der Waals surface area contributed by atoms with Gasteiger partial charge in [0.2, 0.25) is 0 Å². The summed E-state index contributed by atoms with van der Waals surface area (Å²) in [7, 11) is 0. The first kappa shape index (κ1) is 10.2. The van der Waals surface area contributed by atoms with Crippen LogP contribution < -0.4 is 5.32 Å². The summed E-state index contributed by atoms with van der Waals surface area (Å²) in [4.78, 5) is 4.12. The maximum absolute atomic E-state index is 8.59. The molecule has 1 aromatic rings. The van der Waals surface area contributed by atoms with Crippen molar-refractivity contribution in [2.24, 2.45) is 0 Å². The van der Waals surface area contributed by atoms with Gasteiger partial charge in [0.15, 0.2) is 0 Å². The van der Waals surface area contributed by atoms with Crippen molar-refractivity contribution < 1.29 is 5.11 Å². The number of nitrogens with zero attached hydrogens (tertiary/aromatic N) is 1. The Bertz CT molecular complexity index is 274. The van der Waals surface area contributed by atoms with Gasteiger partial charge >= 0.3 is 0 Å². The van der Waals surface area contributed by atoms with Crippen molar-refractivity contribution in [2.45, 2.75) is 20.4 Å². The summed E-state index contributed by atoms with van der Waals surface area (Å²) >= 11 is 0. The van der Waals surface area contributed by atoms with Gasteiger partial charge in [-0.3, -0.25) is 4.98 Å². The van der Waals surface area contributed by atoms with E-state index in [-0.39, 0.29) is 6.61 Å². The third-order valence-corrected chi connectivity index (χ3v) is 2.18. The zero-order valence-corrected chi connectivity index (χ0v) is 8.17. The molecule has 0 atom stereocenters. The van der Waals surface area contributed by atoms with E-state index >= 15 is 0 Å². The Morgan fingerprint density at radius 2 is 2.15 bits per heavy atom. The second-order valence-electron chi connectivity index (χ2n) is 3.14. The molecule has 0 aliphatic carbocycles. The molecule has 3 heteroatoms. The molecule has 0 saturated carbocycles. The van der Waals surface area contributed by atoms with Crippen LogP contribution in [-0.2, 0) is 6.54 Å². The van der Waals surface area contributed by atoms with Crippen LogP contribution in [0.25, 0.3) is 0 Å². The molecule has 72 valence electrons. The van der Waals surface area contributed by atoms with E-state index in [1.54, 1.807) is 0 Å². The fourth-order valence-corrected chi connectivity index (χ4v) is 1.17. The van der Waals surface area contributed by atoms with Crippen LogP contribution in [0.5, 0.6) is 0 Å². The topological polar surface area (TPSA) is 45.2 Å². The molecule has 1 heterocycles. The summed E-state index contributed by atoms with van der Waals surface area (Å²) in [6.45, 7) is 5.73. The minimum absolute atomic E-state index is 0.179. The molecular formula is C10H16N2O. The summed E-state index contributed by atoms with van der Waals surface area (Å²) in [6.07, 6.45) is 3.73. The Morgan fingerprint density at radius 3 is 2.85 bits per heavy atom. The third kappa shape index (κ3) is 2.79. The van der Waals surface area contributed by atoms with Gasteiger partial charge in [-0.25, -0.2) is 0 Å². The fraction of sp³-hybridized carbons (Fsp3) is 0.500. The number of aromatic nitrogens is 1. The second-order valence-corrected chi connectivity index (χ2v) is 3.14. The summed E-state index contributed by atoms with van der Waals surface area (Å²) < 4.78 is 0. The van der Waals surface area contributed by atoms with Crippen molar-refractivity contribution in [3.63, 3.8) is 0 Å². The first-order valence-electron chi connectivity index (χ1n) is 4.47. The molecule has 0 spiro atoms. The van der Waals surface area contributed by atoms with E-state index in [1.807, 2.05) is 12.4 Å². The van der Waals surface area contributed by atoms with Gasteiger partial charge in [-0.15, -0.1) is 0 Å². The van der Waals surface area contributed by atoms with Gasteiger partial charge in [-0.2, -0.15) is 0 Å². The number of hydrogen-bond acceptors (Lipinski definition) is 3. The summed E-state index contributed by atoms with van der Waals surface area (Å²) in [6, 6.07) is 0. The smallest absolute Gasteiger partial charge is 0.0556 e. The van der Waals surface area contributed by atoms with Crippen molar-refractivity contribution >= 4 is 0 Å². The lowest BCUT2D eigenvalue weighted by atomic mass is 10.1. The average molecular weight is 180 g/mol. The Hall–Kier alpha value is -0.930. The SMILES string of the molecule is Cc1cncc(CNCCO)c1C. The zero-order valence-electron chi connectivity index (χ0n) is 8.17. The second kappa shape index (κ2) is 4.94. The van der Waals surface area contributed by atoms with Crippen LogP contribution in [0.3, 0.4) is 0 Å². The van der Waals surface area contributed by atoms with Crippen LogP contribution in [0, 0.1) is 13.8 Å². The normalized spacial score (nSPS) is 10.4. The predicted molar refractivity (Wildman–Crippen MR) is 52.5 cm³/mol. The number of aryl methyl sites for hydroxylation is 1. The van der Waals surface area contributed by atoms with Gasteiger partial charge in [-0.05, 0) is 30.5 Å². The van der Waals surface area contributed by atoms with Crippen molar-refractivity contribution in [1.29, 1.82) is 0 Å². The Kier molecular flexibility index (Phi) is 3.86. The molecule has 0 fully saturated rings. The van der Waals surface area contributed by atoms with Gasteiger partial charge in [0.25, 0.3) is 0 Å². The lowest BCUT2D eigenvalue weighted by Gasteiger charge is -2.07. The molecule has 0 radical (unpaired) electrons. The molecular weight excluding hydrogens is 164 g/mol. The molecule has 3 nitrogen and oxygen atoms in total. The minimum Gasteiger partial charge on any atom is -0.395 e. The largest absolute Gasteiger partial charge is 0.395 e. The fourth-order valence-electron chi connectivity index (χ4n) is 1.17. The molecule has 2 N–H and O–H groups in total. The summed E-state index contributed by atoms with van der Waals surface area (Å²) in [5, 5.41) is 11.7. The molecule has 13 heavy (non-hydrogen) atoms. The van der Waals surface area contributed by atoms with Crippen LogP contribution >= 0.6 is 0 Å². The molecule has 0 aliphatic heterocycles. The summed E-state index contributed by atoms with van der Waals surface area (Å²) in [5.41, 5.74) is 3.69. The van der Waals surface area contributed by atoms with E-state index in [9.17, 15) is 0 Å². The van der Waals surface area contributed by atoms with Crippen LogP contribution in [0.1, 0.15) is 16.7 Å². The first-order chi connectivity index (χ1) is 6.25. The molecule has 1 aromatic heterocycles. The highest BCUT2D eigenvalue weighted by atomic mass is 16.3. The van der Waals surface area contributed by atoms with E-state index in [1.165, 1.54) is 16.7 Å².